The number of hydrogen-bond acceptors (Lipinski definition) is 9. The summed E-state index contributed by atoms with van der Waals surface area (Å²) in [7, 11) is -8.13. The number of thiophene rings is 1. The number of ether oxygens (including phenoxy) is 2. The summed E-state index contributed by atoms with van der Waals surface area (Å²) in [6.45, 7) is 11.8. The Balaban J connectivity index is 2.45. The van der Waals surface area contributed by atoms with Crippen molar-refractivity contribution in [1.29, 1.82) is 0 Å². The van der Waals surface area contributed by atoms with Crippen molar-refractivity contribution in [3.63, 3.8) is 0 Å². The molecule has 1 aromatic rings. The highest BCUT2D eigenvalue weighted by molar-refractivity contribution is 7.95. The van der Waals surface area contributed by atoms with Crippen LogP contribution in [0.5, 0.6) is 0 Å². The molecule has 1 atom stereocenters. The highest BCUT2D eigenvalue weighted by Crippen LogP contribution is 2.42. The summed E-state index contributed by atoms with van der Waals surface area (Å²) in [4.78, 5) is 26.0. The smallest absolute Gasteiger partial charge is 0.421 e. The van der Waals surface area contributed by atoms with Crippen molar-refractivity contribution < 1.29 is 35.9 Å². The van der Waals surface area contributed by atoms with E-state index in [1.165, 1.54) is 11.0 Å². The van der Waals surface area contributed by atoms with Gasteiger partial charge in [0.1, 0.15) is 19.6 Å². The van der Waals surface area contributed by atoms with E-state index < -0.39 is 49.3 Å². The topological polar surface area (TPSA) is 136 Å². The molecule has 2 rings (SSSR count). The number of amides is 2. The van der Waals surface area contributed by atoms with Gasteiger partial charge in [0.2, 0.25) is 0 Å². The summed E-state index contributed by atoms with van der Waals surface area (Å²) >= 11 is 0.541. The van der Waals surface area contributed by atoms with E-state index in [1.54, 1.807) is 53.2 Å². The molecule has 32 heavy (non-hydrogen) atoms. The second kappa shape index (κ2) is 8.82. The molecule has 0 fully saturated rings. The number of nitrogens with one attached hydrogen (secondary N) is 1. The first kappa shape index (κ1) is 26.4. The van der Waals surface area contributed by atoms with Crippen LogP contribution < -0.4 is 4.72 Å². The summed E-state index contributed by atoms with van der Waals surface area (Å²) in [5.41, 5.74) is -1.48. The molecular formula is C19H30N2O8S3. The van der Waals surface area contributed by atoms with Crippen molar-refractivity contribution in [3.05, 3.63) is 11.6 Å². The largest absolute Gasteiger partial charge is 0.444 e. The van der Waals surface area contributed by atoms with Gasteiger partial charge in [-0.15, -0.1) is 11.3 Å². The molecule has 0 aromatic carbocycles. The van der Waals surface area contributed by atoms with Crippen LogP contribution in [0.2, 0.25) is 0 Å². The van der Waals surface area contributed by atoms with Crippen LogP contribution in [0.15, 0.2) is 14.5 Å². The SMILES string of the molecule is CCN(C(=O)OC(C)(C)C)[C@H]1CCS(=O)(=O)c2sc(S(=O)(=O)NC(=O)OC(C)(C)C)cc21. The fourth-order valence-electron chi connectivity index (χ4n) is 3.07. The molecule has 0 aliphatic carbocycles. The van der Waals surface area contributed by atoms with Crippen molar-refractivity contribution >= 4 is 43.4 Å². The first-order chi connectivity index (χ1) is 14.4. The van der Waals surface area contributed by atoms with Crippen LogP contribution in [0.4, 0.5) is 9.59 Å². The van der Waals surface area contributed by atoms with Gasteiger partial charge in [-0.1, -0.05) is 0 Å². The molecule has 2 amide bonds. The van der Waals surface area contributed by atoms with E-state index in [2.05, 4.69) is 0 Å². The van der Waals surface area contributed by atoms with Gasteiger partial charge in [0.05, 0.1) is 11.8 Å². The molecule has 13 heteroatoms. The van der Waals surface area contributed by atoms with E-state index >= 15 is 0 Å². The summed E-state index contributed by atoms with van der Waals surface area (Å²) in [5, 5.41) is 0. The average Bonchev–Trinajstić information content (AvgIpc) is 3.01. The molecule has 0 radical (unpaired) electrons. The summed E-state index contributed by atoms with van der Waals surface area (Å²) in [6.07, 6.45) is -1.71. The minimum atomic E-state index is -4.39. The van der Waals surface area contributed by atoms with E-state index in [4.69, 9.17) is 9.47 Å². The van der Waals surface area contributed by atoms with Crippen LogP contribution in [0, 0.1) is 0 Å². The van der Waals surface area contributed by atoms with E-state index in [0.29, 0.717) is 11.3 Å². The minimum absolute atomic E-state index is 0.0954. The molecule has 0 unspecified atom stereocenters. The maximum atomic E-state index is 12.7. The lowest BCUT2D eigenvalue weighted by Gasteiger charge is -2.34. The van der Waals surface area contributed by atoms with Crippen LogP contribution in [-0.4, -0.2) is 57.4 Å². The molecule has 1 aromatic heterocycles. The van der Waals surface area contributed by atoms with Gasteiger partial charge in [0.25, 0.3) is 10.0 Å². The molecule has 1 aliphatic heterocycles. The van der Waals surface area contributed by atoms with Crippen LogP contribution in [0.25, 0.3) is 0 Å². The fourth-order valence-corrected chi connectivity index (χ4v) is 7.67. The Morgan fingerprint density at radius 3 is 2.22 bits per heavy atom. The van der Waals surface area contributed by atoms with Crippen molar-refractivity contribution in [2.75, 3.05) is 12.3 Å². The van der Waals surface area contributed by atoms with E-state index in [0.717, 1.165) is 0 Å². The van der Waals surface area contributed by atoms with E-state index in [9.17, 15) is 26.4 Å². The second-order valence-corrected chi connectivity index (χ2v) is 14.6. The van der Waals surface area contributed by atoms with Crippen molar-refractivity contribution in [2.24, 2.45) is 0 Å². The molecule has 2 heterocycles. The molecule has 0 saturated heterocycles. The molecule has 1 N–H and O–H groups in total. The van der Waals surface area contributed by atoms with Gasteiger partial charge >= 0.3 is 12.2 Å². The summed E-state index contributed by atoms with van der Waals surface area (Å²) in [6, 6.07) is 0.510. The Kier molecular flexibility index (Phi) is 7.28. The van der Waals surface area contributed by atoms with E-state index in [1.807, 2.05) is 0 Å². The van der Waals surface area contributed by atoms with Gasteiger partial charge in [-0.25, -0.2) is 31.1 Å². The van der Waals surface area contributed by atoms with Crippen molar-refractivity contribution in [2.45, 2.75) is 80.5 Å². The van der Waals surface area contributed by atoms with Crippen molar-refractivity contribution in [3.8, 4) is 0 Å². The minimum Gasteiger partial charge on any atom is -0.444 e. The number of sulfone groups is 1. The van der Waals surface area contributed by atoms with Gasteiger partial charge in [-0.2, -0.15) is 0 Å². The Morgan fingerprint density at radius 2 is 1.72 bits per heavy atom. The Bertz CT molecular complexity index is 1090. The molecule has 0 saturated carbocycles. The van der Waals surface area contributed by atoms with Gasteiger partial charge in [0, 0.05) is 12.1 Å². The lowest BCUT2D eigenvalue weighted by atomic mass is 10.1. The van der Waals surface area contributed by atoms with E-state index in [-0.39, 0.29) is 32.7 Å². The second-order valence-electron chi connectivity index (χ2n) is 9.31. The number of fused-ring (bicyclic) bond motifs is 1. The predicted molar refractivity (Wildman–Crippen MR) is 119 cm³/mol. The molecule has 0 bridgehead atoms. The number of hydrogen-bond donors (Lipinski definition) is 1. The Labute approximate surface area is 193 Å². The zero-order valence-electron chi connectivity index (χ0n) is 19.2. The molecule has 10 nitrogen and oxygen atoms in total. The lowest BCUT2D eigenvalue weighted by molar-refractivity contribution is 0.0162. The number of sulfonamides is 1. The van der Waals surface area contributed by atoms with Crippen molar-refractivity contribution in [1.82, 2.24) is 9.62 Å². The van der Waals surface area contributed by atoms with Crippen LogP contribution >= 0.6 is 11.3 Å². The molecule has 1 aliphatic rings. The predicted octanol–water partition coefficient (Wildman–Crippen LogP) is 3.44. The number of carbonyl (C=O) groups excluding carboxylic acids is 2. The summed E-state index contributed by atoms with van der Waals surface area (Å²) in [5.74, 6) is -0.247. The maximum absolute atomic E-state index is 12.7. The third-order valence-electron chi connectivity index (χ3n) is 4.23. The highest BCUT2D eigenvalue weighted by Gasteiger charge is 2.40. The standard InChI is InChI=1S/C19H30N2O8S3/c1-8-21(17(23)29-19(5,6)7)13-9-10-31(24,25)15-12(13)11-14(30-15)32(26,27)20-16(22)28-18(2,3)4/h11,13H,8-10H2,1-7H3,(H,20,22)/t13-/m0/s1. The van der Waals surface area contributed by atoms with Gasteiger partial charge in [0.15, 0.2) is 9.84 Å². The van der Waals surface area contributed by atoms with Gasteiger partial charge in [-0.3, -0.25) is 0 Å². The third kappa shape index (κ3) is 6.35. The maximum Gasteiger partial charge on any atom is 0.421 e. The third-order valence-corrected chi connectivity index (χ3v) is 9.55. The average molecular weight is 511 g/mol. The summed E-state index contributed by atoms with van der Waals surface area (Å²) < 4.78 is 62.5. The Hall–Kier alpha value is -1.86. The molecule has 182 valence electrons. The molecular weight excluding hydrogens is 480 g/mol. The fraction of sp³-hybridized carbons (Fsp3) is 0.684. The number of nitrogens with zero attached hydrogens (tertiary/aromatic N) is 1. The zero-order valence-corrected chi connectivity index (χ0v) is 21.7. The van der Waals surface area contributed by atoms with Crippen LogP contribution in [0.1, 0.15) is 66.5 Å². The highest BCUT2D eigenvalue weighted by atomic mass is 32.3. The lowest BCUT2D eigenvalue weighted by Crippen LogP contribution is -2.41. The normalized spacial score (nSPS) is 18.4. The van der Waals surface area contributed by atoms with Crippen LogP contribution in [0.3, 0.4) is 0 Å². The van der Waals surface area contributed by atoms with Gasteiger partial charge in [-0.05, 0) is 61.0 Å². The zero-order chi connectivity index (χ0) is 24.7. The first-order valence-electron chi connectivity index (χ1n) is 9.98. The number of rotatable bonds is 4. The monoisotopic (exact) mass is 510 g/mol. The first-order valence-corrected chi connectivity index (χ1v) is 13.9. The number of carbonyl (C=O) groups is 2. The Morgan fingerprint density at radius 1 is 1.16 bits per heavy atom. The molecule has 0 spiro atoms. The van der Waals surface area contributed by atoms with Gasteiger partial charge < -0.3 is 14.4 Å². The van der Waals surface area contributed by atoms with Crippen LogP contribution in [-0.2, 0) is 29.3 Å². The quantitative estimate of drug-likeness (QED) is 0.650.